The van der Waals surface area contributed by atoms with Crippen molar-refractivity contribution in [3.05, 3.63) is 0 Å². The van der Waals surface area contributed by atoms with Crippen LogP contribution in [0.2, 0.25) is 0 Å². The van der Waals surface area contributed by atoms with E-state index < -0.39 is 0 Å². The third-order valence-electron chi connectivity index (χ3n) is 4.76. The standard InChI is InChI=1S/C14H24S2/c1-4-8-14(9-5-1)10-15-12-6-2-3-7-13(12)16-11-14/h12-13H,1-11H2/t12-,13+. The largest absolute Gasteiger partial charge is 0.157 e. The summed E-state index contributed by atoms with van der Waals surface area (Å²) in [6, 6.07) is 0. The molecule has 0 nitrogen and oxygen atoms in total. The molecular weight excluding hydrogens is 232 g/mol. The van der Waals surface area contributed by atoms with Gasteiger partial charge in [-0.25, -0.2) is 0 Å². The van der Waals surface area contributed by atoms with Gasteiger partial charge < -0.3 is 0 Å². The summed E-state index contributed by atoms with van der Waals surface area (Å²) in [6.45, 7) is 0. The quantitative estimate of drug-likeness (QED) is 0.614. The van der Waals surface area contributed by atoms with Gasteiger partial charge in [0.15, 0.2) is 0 Å². The molecule has 1 aliphatic heterocycles. The Kier molecular flexibility index (Phi) is 3.78. The van der Waals surface area contributed by atoms with Crippen LogP contribution >= 0.6 is 23.5 Å². The summed E-state index contributed by atoms with van der Waals surface area (Å²) < 4.78 is 0. The van der Waals surface area contributed by atoms with Crippen molar-refractivity contribution in [3.8, 4) is 0 Å². The van der Waals surface area contributed by atoms with Crippen molar-refractivity contribution < 1.29 is 0 Å². The van der Waals surface area contributed by atoms with E-state index in [1.165, 1.54) is 69.3 Å². The molecule has 1 saturated heterocycles. The van der Waals surface area contributed by atoms with Gasteiger partial charge in [-0.1, -0.05) is 32.1 Å². The molecule has 3 fully saturated rings. The Morgan fingerprint density at radius 1 is 0.688 bits per heavy atom. The van der Waals surface area contributed by atoms with E-state index in [1.807, 2.05) is 0 Å². The van der Waals surface area contributed by atoms with Crippen LogP contribution in [0.3, 0.4) is 0 Å². The number of rotatable bonds is 0. The SMILES string of the molecule is C1CCC2(CC1)CS[C@H]1CCCC[C@H]1SC2. The molecule has 0 radical (unpaired) electrons. The Hall–Kier alpha value is 0.700. The highest BCUT2D eigenvalue weighted by atomic mass is 32.2. The summed E-state index contributed by atoms with van der Waals surface area (Å²) in [4.78, 5) is 0. The molecule has 3 aliphatic rings. The van der Waals surface area contributed by atoms with E-state index in [0.717, 1.165) is 15.9 Å². The van der Waals surface area contributed by atoms with Crippen LogP contribution in [-0.2, 0) is 0 Å². The van der Waals surface area contributed by atoms with Crippen molar-refractivity contribution >= 4 is 23.5 Å². The van der Waals surface area contributed by atoms with Crippen molar-refractivity contribution in [1.82, 2.24) is 0 Å². The maximum absolute atomic E-state index is 2.35. The smallest absolute Gasteiger partial charge is 0.0166 e. The van der Waals surface area contributed by atoms with Crippen LogP contribution in [0.5, 0.6) is 0 Å². The zero-order valence-electron chi connectivity index (χ0n) is 10.2. The summed E-state index contributed by atoms with van der Waals surface area (Å²) in [5.41, 5.74) is 0.755. The Bertz CT molecular complexity index is 215. The Labute approximate surface area is 109 Å². The molecule has 1 heterocycles. The van der Waals surface area contributed by atoms with Crippen molar-refractivity contribution in [2.45, 2.75) is 68.3 Å². The minimum Gasteiger partial charge on any atom is -0.157 e. The molecule has 0 aromatic heterocycles. The van der Waals surface area contributed by atoms with Crippen LogP contribution in [0.15, 0.2) is 0 Å². The first kappa shape index (κ1) is 11.8. The molecule has 1 spiro atoms. The van der Waals surface area contributed by atoms with Crippen LogP contribution in [0.1, 0.15) is 57.8 Å². The van der Waals surface area contributed by atoms with E-state index in [4.69, 9.17) is 0 Å². The molecule has 2 saturated carbocycles. The van der Waals surface area contributed by atoms with Gasteiger partial charge in [-0.2, -0.15) is 23.5 Å². The fraction of sp³-hybridized carbons (Fsp3) is 1.00. The van der Waals surface area contributed by atoms with E-state index >= 15 is 0 Å². The molecule has 3 rings (SSSR count). The minimum absolute atomic E-state index is 0.755. The number of fused-ring (bicyclic) bond motifs is 1. The maximum atomic E-state index is 2.35. The minimum atomic E-state index is 0.755. The highest BCUT2D eigenvalue weighted by molar-refractivity contribution is 8.04. The number of hydrogen-bond acceptors (Lipinski definition) is 2. The van der Waals surface area contributed by atoms with E-state index in [2.05, 4.69) is 23.5 Å². The van der Waals surface area contributed by atoms with Crippen LogP contribution < -0.4 is 0 Å². The van der Waals surface area contributed by atoms with Gasteiger partial charge in [-0.15, -0.1) is 0 Å². The van der Waals surface area contributed by atoms with Gasteiger partial charge in [-0.05, 0) is 31.1 Å². The lowest BCUT2D eigenvalue weighted by atomic mass is 9.77. The summed E-state index contributed by atoms with van der Waals surface area (Å²) in [5.74, 6) is 2.97. The fourth-order valence-electron chi connectivity index (χ4n) is 3.64. The lowest BCUT2D eigenvalue weighted by molar-refractivity contribution is 0.258. The molecule has 2 aliphatic carbocycles. The summed E-state index contributed by atoms with van der Waals surface area (Å²) >= 11 is 4.70. The van der Waals surface area contributed by atoms with E-state index in [0.29, 0.717) is 0 Å². The second-order valence-electron chi connectivity index (χ2n) is 6.04. The van der Waals surface area contributed by atoms with Crippen LogP contribution in [0.25, 0.3) is 0 Å². The van der Waals surface area contributed by atoms with Crippen LogP contribution in [0, 0.1) is 5.41 Å². The second-order valence-corrected chi connectivity index (χ2v) is 8.50. The van der Waals surface area contributed by atoms with Gasteiger partial charge in [0.2, 0.25) is 0 Å². The predicted octanol–water partition coefficient (Wildman–Crippen LogP) is 4.73. The van der Waals surface area contributed by atoms with E-state index in [9.17, 15) is 0 Å². The average molecular weight is 256 g/mol. The van der Waals surface area contributed by atoms with Gasteiger partial charge >= 0.3 is 0 Å². The third-order valence-corrected chi connectivity index (χ3v) is 8.48. The Morgan fingerprint density at radius 3 is 1.81 bits per heavy atom. The monoisotopic (exact) mass is 256 g/mol. The molecule has 0 aromatic rings. The highest BCUT2D eigenvalue weighted by Gasteiger charge is 2.39. The average Bonchev–Trinajstić information content (AvgIpc) is 2.52. The molecule has 2 heteroatoms. The molecule has 0 unspecified atom stereocenters. The first-order valence-electron chi connectivity index (χ1n) is 7.11. The molecule has 16 heavy (non-hydrogen) atoms. The van der Waals surface area contributed by atoms with Gasteiger partial charge in [0.25, 0.3) is 0 Å². The molecule has 92 valence electrons. The molecule has 0 N–H and O–H groups in total. The topological polar surface area (TPSA) is 0 Å². The second kappa shape index (κ2) is 5.14. The predicted molar refractivity (Wildman–Crippen MR) is 76.5 cm³/mol. The van der Waals surface area contributed by atoms with Gasteiger partial charge in [0.05, 0.1) is 0 Å². The zero-order chi connectivity index (χ0) is 10.8. The van der Waals surface area contributed by atoms with E-state index in [1.54, 1.807) is 0 Å². The molecule has 0 bridgehead atoms. The Morgan fingerprint density at radius 2 is 1.25 bits per heavy atom. The molecule has 0 amide bonds. The van der Waals surface area contributed by atoms with Gasteiger partial charge in [0, 0.05) is 22.0 Å². The summed E-state index contributed by atoms with van der Waals surface area (Å²) in [6.07, 6.45) is 13.6. The van der Waals surface area contributed by atoms with Crippen molar-refractivity contribution in [2.75, 3.05) is 11.5 Å². The fourth-order valence-corrected chi connectivity index (χ4v) is 7.53. The lowest BCUT2D eigenvalue weighted by Gasteiger charge is -2.35. The molecule has 0 aromatic carbocycles. The molecule has 2 atom stereocenters. The van der Waals surface area contributed by atoms with Crippen molar-refractivity contribution in [2.24, 2.45) is 5.41 Å². The van der Waals surface area contributed by atoms with Gasteiger partial charge in [0.1, 0.15) is 0 Å². The number of hydrogen-bond donors (Lipinski definition) is 0. The normalized spacial score (nSPS) is 39.0. The van der Waals surface area contributed by atoms with Crippen molar-refractivity contribution in [1.29, 1.82) is 0 Å². The van der Waals surface area contributed by atoms with Crippen LogP contribution in [0.4, 0.5) is 0 Å². The first-order chi connectivity index (χ1) is 7.88. The first-order valence-corrected chi connectivity index (χ1v) is 9.21. The van der Waals surface area contributed by atoms with Crippen molar-refractivity contribution in [3.63, 3.8) is 0 Å². The summed E-state index contributed by atoms with van der Waals surface area (Å²) in [7, 11) is 0. The lowest BCUT2D eigenvalue weighted by Crippen LogP contribution is -2.29. The van der Waals surface area contributed by atoms with Crippen LogP contribution in [-0.4, -0.2) is 22.0 Å². The zero-order valence-corrected chi connectivity index (χ0v) is 11.9. The van der Waals surface area contributed by atoms with Gasteiger partial charge in [-0.3, -0.25) is 0 Å². The highest BCUT2D eigenvalue weighted by Crippen LogP contribution is 2.49. The molecular formula is C14H24S2. The maximum Gasteiger partial charge on any atom is 0.0166 e. The summed E-state index contributed by atoms with van der Waals surface area (Å²) in [5, 5.41) is 2.03. The number of thioether (sulfide) groups is 2. The van der Waals surface area contributed by atoms with E-state index in [-0.39, 0.29) is 0 Å². The third kappa shape index (κ3) is 2.43. The Balaban J connectivity index is 1.67.